The maximum Gasteiger partial charge on any atom is 0.0876 e. The van der Waals surface area contributed by atoms with E-state index in [2.05, 4.69) is 39.6 Å². The third-order valence-electron chi connectivity index (χ3n) is 3.94. The van der Waals surface area contributed by atoms with Crippen LogP contribution in [0.2, 0.25) is 0 Å². The molecule has 0 aliphatic heterocycles. The van der Waals surface area contributed by atoms with Crippen LogP contribution >= 0.6 is 11.8 Å². The Kier molecular flexibility index (Phi) is 11.6. The molecule has 0 rings (SSSR count). The van der Waals surface area contributed by atoms with Crippen LogP contribution in [0, 0.1) is 0 Å². The Labute approximate surface area is 114 Å². The summed E-state index contributed by atoms with van der Waals surface area (Å²) in [4.78, 5) is 0. The Morgan fingerprint density at radius 3 is 1.94 bits per heavy atom. The SMILES string of the molecule is CCCCCCCCSCC[N+](C)(CC)CC. The van der Waals surface area contributed by atoms with Gasteiger partial charge in [0.1, 0.15) is 0 Å². The van der Waals surface area contributed by atoms with Crippen LogP contribution < -0.4 is 0 Å². The van der Waals surface area contributed by atoms with Crippen molar-refractivity contribution in [1.82, 2.24) is 0 Å². The predicted molar refractivity (Wildman–Crippen MR) is 82.8 cm³/mol. The monoisotopic (exact) mass is 260 g/mol. The Hall–Kier alpha value is 0.310. The normalized spacial score (nSPS) is 12.0. The van der Waals surface area contributed by atoms with Crippen LogP contribution in [0.25, 0.3) is 0 Å². The van der Waals surface area contributed by atoms with Crippen molar-refractivity contribution in [3.05, 3.63) is 0 Å². The van der Waals surface area contributed by atoms with E-state index in [0.29, 0.717) is 0 Å². The van der Waals surface area contributed by atoms with Gasteiger partial charge in [0.25, 0.3) is 0 Å². The van der Waals surface area contributed by atoms with E-state index in [0.717, 1.165) is 0 Å². The average Bonchev–Trinajstić information content (AvgIpc) is 2.36. The van der Waals surface area contributed by atoms with Crippen molar-refractivity contribution in [2.24, 2.45) is 0 Å². The second kappa shape index (κ2) is 11.4. The van der Waals surface area contributed by atoms with Crippen LogP contribution in [0.5, 0.6) is 0 Å². The second-order valence-electron chi connectivity index (χ2n) is 5.36. The molecule has 0 aliphatic carbocycles. The largest absolute Gasteiger partial charge is 0.326 e. The van der Waals surface area contributed by atoms with Gasteiger partial charge in [-0.25, -0.2) is 0 Å². The molecule has 17 heavy (non-hydrogen) atoms. The molecule has 0 saturated carbocycles. The number of unbranched alkanes of at least 4 members (excludes halogenated alkanes) is 5. The lowest BCUT2D eigenvalue weighted by Crippen LogP contribution is -2.45. The standard InChI is InChI=1S/C15H34NS/c1-5-8-9-10-11-12-14-17-15-13-16(4,6-2)7-3/h5-15H2,1-4H3/q+1. The van der Waals surface area contributed by atoms with Crippen molar-refractivity contribution in [2.45, 2.75) is 59.3 Å². The summed E-state index contributed by atoms with van der Waals surface area (Å²) in [6, 6.07) is 0. The van der Waals surface area contributed by atoms with E-state index in [4.69, 9.17) is 0 Å². The van der Waals surface area contributed by atoms with Crippen LogP contribution in [0.4, 0.5) is 0 Å². The lowest BCUT2D eigenvalue weighted by atomic mass is 10.1. The summed E-state index contributed by atoms with van der Waals surface area (Å²) >= 11 is 2.16. The van der Waals surface area contributed by atoms with E-state index in [1.165, 1.54) is 74.1 Å². The lowest BCUT2D eigenvalue weighted by molar-refractivity contribution is -0.903. The fourth-order valence-corrected chi connectivity index (χ4v) is 3.09. The first-order chi connectivity index (χ1) is 8.18. The number of hydrogen-bond donors (Lipinski definition) is 0. The number of nitrogens with zero attached hydrogens (tertiary/aromatic N) is 1. The van der Waals surface area contributed by atoms with Crippen molar-refractivity contribution in [3.63, 3.8) is 0 Å². The molecule has 0 radical (unpaired) electrons. The van der Waals surface area contributed by atoms with Crippen molar-refractivity contribution in [1.29, 1.82) is 0 Å². The molecule has 0 aromatic carbocycles. The van der Waals surface area contributed by atoms with Gasteiger partial charge < -0.3 is 4.48 Å². The first kappa shape index (κ1) is 17.3. The minimum absolute atomic E-state index is 1.24. The van der Waals surface area contributed by atoms with Gasteiger partial charge in [0.15, 0.2) is 0 Å². The molecule has 2 heteroatoms. The zero-order chi connectivity index (χ0) is 13.0. The number of rotatable bonds is 12. The predicted octanol–water partition coefficient (Wildman–Crippen LogP) is 4.57. The van der Waals surface area contributed by atoms with E-state index >= 15 is 0 Å². The van der Waals surface area contributed by atoms with Gasteiger partial charge in [0.05, 0.1) is 26.7 Å². The Morgan fingerprint density at radius 2 is 1.35 bits per heavy atom. The summed E-state index contributed by atoms with van der Waals surface area (Å²) in [6.45, 7) is 10.8. The summed E-state index contributed by atoms with van der Waals surface area (Å²) in [5, 5.41) is 0. The molecule has 0 unspecified atom stereocenters. The molecular weight excluding hydrogens is 226 g/mol. The molecule has 0 aromatic rings. The van der Waals surface area contributed by atoms with E-state index in [1.54, 1.807) is 0 Å². The topological polar surface area (TPSA) is 0 Å². The highest BCUT2D eigenvalue weighted by molar-refractivity contribution is 7.99. The van der Waals surface area contributed by atoms with Gasteiger partial charge in [-0.15, -0.1) is 0 Å². The van der Waals surface area contributed by atoms with Gasteiger partial charge in [-0.1, -0.05) is 39.0 Å². The van der Waals surface area contributed by atoms with Crippen molar-refractivity contribution >= 4 is 11.8 Å². The quantitative estimate of drug-likeness (QED) is 0.366. The summed E-state index contributed by atoms with van der Waals surface area (Å²) in [7, 11) is 2.38. The minimum atomic E-state index is 1.24. The third kappa shape index (κ3) is 9.96. The molecule has 0 fully saturated rings. The van der Waals surface area contributed by atoms with Crippen LogP contribution in [0.15, 0.2) is 0 Å². The molecule has 0 amide bonds. The molecule has 0 spiro atoms. The summed E-state index contributed by atoms with van der Waals surface area (Å²) in [6.07, 6.45) is 8.56. The minimum Gasteiger partial charge on any atom is -0.326 e. The second-order valence-corrected chi connectivity index (χ2v) is 6.58. The molecule has 1 nitrogen and oxygen atoms in total. The first-order valence-electron chi connectivity index (χ1n) is 7.59. The third-order valence-corrected chi connectivity index (χ3v) is 4.99. The highest BCUT2D eigenvalue weighted by Gasteiger charge is 2.14. The zero-order valence-corrected chi connectivity index (χ0v) is 13.5. The first-order valence-corrected chi connectivity index (χ1v) is 8.75. The fourth-order valence-electron chi connectivity index (χ4n) is 1.91. The Morgan fingerprint density at radius 1 is 0.765 bits per heavy atom. The molecule has 0 saturated heterocycles. The van der Waals surface area contributed by atoms with Gasteiger partial charge in [-0.3, -0.25) is 0 Å². The smallest absolute Gasteiger partial charge is 0.0876 e. The average molecular weight is 261 g/mol. The number of quaternary nitrogens is 1. The maximum absolute atomic E-state index is 2.38. The van der Waals surface area contributed by atoms with Gasteiger partial charge >= 0.3 is 0 Å². The van der Waals surface area contributed by atoms with Crippen molar-refractivity contribution in [3.8, 4) is 0 Å². The van der Waals surface area contributed by atoms with E-state index < -0.39 is 0 Å². The van der Waals surface area contributed by atoms with Crippen LogP contribution in [-0.2, 0) is 0 Å². The van der Waals surface area contributed by atoms with Gasteiger partial charge in [-0.2, -0.15) is 11.8 Å². The van der Waals surface area contributed by atoms with Crippen molar-refractivity contribution < 1.29 is 4.48 Å². The highest BCUT2D eigenvalue weighted by atomic mass is 32.2. The summed E-state index contributed by atoms with van der Waals surface area (Å²) in [5.74, 6) is 2.71. The van der Waals surface area contributed by atoms with E-state index in [1.807, 2.05) is 0 Å². The Bertz CT molecular complexity index is 155. The summed E-state index contributed by atoms with van der Waals surface area (Å²) < 4.78 is 1.24. The highest BCUT2D eigenvalue weighted by Crippen LogP contribution is 2.11. The van der Waals surface area contributed by atoms with Gasteiger partial charge in [0, 0.05) is 5.75 Å². The molecule has 0 N–H and O–H groups in total. The molecule has 0 bridgehead atoms. The maximum atomic E-state index is 2.38. The van der Waals surface area contributed by atoms with E-state index in [9.17, 15) is 0 Å². The van der Waals surface area contributed by atoms with Gasteiger partial charge in [0.2, 0.25) is 0 Å². The molecular formula is C15H34NS+. The van der Waals surface area contributed by atoms with Crippen LogP contribution in [0.3, 0.4) is 0 Å². The number of hydrogen-bond acceptors (Lipinski definition) is 1. The fraction of sp³-hybridized carbons (Fsp3) is 1.00. The van der Waals surface area contributed by atoms with E-state index in [-0.39, 0.29) is 0 Å². The molecule has 0 aliphatic rings. The summed E-state index contributed by atoms with van der Waals surface area (Å²) in [5.41, 5.74) is 0. The van der Waals surface area contributed by atoms with Crippen LogP contribution in [0.1, 0.15) is 59.3 Å². The van der Waals surface area contributed by atoms with Crippen molar-refractivity contribution in [2.75, 3.05) is 38.2 Å². The number of thioether (sulfide) groups is 1. The zero-order valence-electron chi connectivity index (χ0n) is 12.6. The lowest BCUT2D eigenvalue weighted by Gasteiger charge is -2.31. The van der Waals surface area contributed by atoms with Gasteiger partial charge in [-0.05, 0) is 26.0 Å². The van der Waals surface area contributed by atoms with Crippen LogP contribution in [-0.4, -0.2) is 42.7 Å². The molecule has 104 valence electrons. The Balaban J connectivity index is 3.23. The molecule has 0 atom stereocenters. The molecule has 0 aromatic heterocycles. The molecule has 0 heterocycles.